The van der Waals surface area contributed by atoms with Crippen LogP contribution in [0.2, 0.25) is 0 Å². The zero-order chi connectivity index (χ0) is 19.6. The molecule has 7 heteroatoms. The number of nitrogens with zero attached hydrogens (tertiary/aromatic N) is 1. The van der Waals surface area contributed by atoms with Gasteiger partial charge in [0.1, 0.15) is 5.75 Å². The lowest BCUT2D eigenvalue weighted by Gasteiger charge is -2.11. The van der Waals surface area contributed by atoms with Crippen LogP contribution >= 0.6 is 11.8 Å². The van der Waals surface area contributed by atoms with Crippen LogP contribution in [0.15, 0.2) is 47.4 Å². The van der Waals surface area contributed by atoms with Gasteiger partial charge in [0, 0.05) is 4.90 Å². The molecule has 27 heavy (non-hydrogen) atoms. The molecule has 1 N–H and O–H groups in total. The van der Waals surface area contributed by atoms with Crippen molar-refractivity contribution in [2.75, 3.05) is 24.3 Å². The monoisotopic (exact) mass is 384 g/mol. The number of amides is 1. The number of hydrogen-bond donors (Lipinski definition) is 1. The lowest BCUT2D eigenvalue weighted by molar-refractivity contribution is -0.149. The first kappa shape index (κ1) is 20.3. The van der Waals surface area contributed by atoms with Crippen molar-refractivity contribution in [2.24, 2.45) is 0 Å². The normalized spacial score (nSPS) is 9.96. The van der Waals surface area contributed by atoms with E-state index in [-0.39, 0.29) is 12.4 Å². The predicted octanol–water partition coefficient (Wildman–Crippen LogP) is 3.48. The van der Waals surface area contributed by atoms with Gasteiger partial charge in [-0.2, -0.15) is 5.26 Å². The van der Waals surface area contributed by atoms with Gasteiger partial charge in [0.25, 0.3) is 5.91 Å². The number of aryl methyl sites for hydroxylation is 1. The van der Waals surface area contributed by atoms with Crippen LogP contribution < -0.4 is 10.1 Å². The quantitative estimate of drug-likeness (QED) is 0.554. The predicted molar refractivity (Wildman–Crippen MR) is 104 cm³/mol. The molecule has 2 aromatic carbocycles. The largest absolute Gasteiger partial charge is 0.482 e. The summed E-state index contributed by atoms with van der Waals surface area (Å²) in [6, 6.07) is 14.7. The fraction of sp³-hybridized carbons (Fsp3) is 0.250. The van der Waals surface area contributed by atoms with Crippen molar-refractivity contribution in [3.05, 3.63) is 53.6 Å². The lowest BCUT2D eigenvalue weighted by atomic mass is 10.1. The van der Waals surface area contributed by atoms with Crippen molar-refractivity contribution in [3.63, 3.8) is 0 Å². The van der Waals surface area contributed by atoms with Gasteiger partial charge in [0.15, 0.2) is 13.2 Å². The minimum absolute atomic E-state index is 0.272. The third-order valence-electron chi connectivity index (χ3n) is 3.72. The minimum atomic E-state index is -0.627. The van der Waals surface area contributed by atoms with Gasteiger partial charge in [0.2, 0.25) is 0 Å². The third kappa shape index (κ3) is 6.35. The summed E-state index contributed by atoms with van der Waals surface area (Å²) in [4.78, 5) is 24.6. The van der Waals surface area contributed by atoms with Gasteiger partial charge in [-0.1, -0.05) is 24.3 Å². The Morgan fingerprint density at radius 3 is 2.67 bits per heavy atom. The molecule has 1 amide bonds. The number of carbonyl (C=O) groups excluding carboxylic acids is 2. The Hall–Kier alpha value is -2.98. The van der Waals surface area contributed by atoms with Crippen LogP contribution in [0.25, 0.3) is 0 Å². The van der Waals surface area contributed by atoms with Crippen LogP contribution in [0.4, 0.5) is 5.69 Å². The van der Waals surface area contributed by atoms with Crippen LogP contribution in [0.3, 0.4) is 0 Å². The van der Waals surface area contributed by atoms with Crippen LogP contribution in [0.5, 0.6) is 5.75 Å². The summed E-state index contributed by atoms with van der Waals surface area (Å²) >= 11 is 1.32. The van der Waals surface area contributed by atoms with E-state index in [1.807, 2.05) is 44.2 Å². The number of nitrogens with one attached hydrogen (secondary N) is 1. The summed E-state index contributed by atoms with van der Waals surface area (Å²) < 4.78 is 10.4. The Kier molecular flexibility index (Phi) is 7.71. The molecule has 0 atom stereocenters. The number of carbonyl (C=O) groups is 2. The average molecular weight is 384 g/mol. The number of para-hydroxylation sites is 1. The average Bonchev–Trinajstić information content (AvgIpc) is 2.67. The number of hydrogen-bond acceptors (Lipinski definition) is 6. The molecule has 2 aromatic rings. The van der Waals surface area contributed by atoms with Gasteiger partial charge in [-0.3, -0.25) is 4.79 Å². The standard InChI is InChI=1S/C20H20N2O4S/c1-14-6-5-8-17(15(14)2)25-13-20(24)26-12-19(23)22-16-7-3-4-9-18(16)27-11-10-21/h3-9H,11-13H2,1-2H3,(H,22,23). The van der Waals surface area contributed by atoms with Crippen LogP contribution in [0.1, 0.15) is 11.1 Å². The van der Waals surface area contributed by atoms with E-state index in [9.17, 15) is 9.59 Å². The molecule has 0 fully saturated rings. The third-order valence-corrected chi connectivity index (χ3v) is 4.66. The first-order valence-electron chi connectivity index (χ1n) is 8.24. The van der Waals surface area contributed by atoms with Gasteiger partial charge in [-0.25, -0.2) is 4.79 Å². The first-order chi connectivity index (χ1) is 13.0. The van der Waals surface area contributed by atoms with Gasteiger partial charge < -0.3 is 14.8 Å². The molecule has 0 aliphatic rings. The van der Waals surface area contributed by atoms with E-state index in [0.717, 1.165) is 16.0 Å². The molecule has 0 aromatic heterocycles. The molecule has 0 heterocycles. The zero-order valence-electron chi connectivity index (χ0n) is 15.2. The molecular weight excluding hydrogens is 364 g/mol. The second-order valence-corrected chi connectivity index (χ2v) is 6.66. The number of esters is 1. The van der Waals surface area contributed by atoms with Crippen molar-refractivity contribution in [2.45, 2.75) is 18.7 Å². The Morgan fingerprint density at radius 2 is 1.89 bits per heavy atom. The summed E-state index contributed by atoms with van der Waals surface area (Å²) in [5, 5.41) is 11.4. The van der Waals surface area contributed by atoms with E-state index < -0.39 is 18.5 Å². The highest BCUT2D eigenvalue weighted by molar-refractivity contribution is 7.99. The van der Waals surface area contributed by atoms with Crippen LogP contribution in [-0.4, -0.2) is 30.8 Å². The molecule has 0 aliphatic heterocycles. The molecule has 0 unspecified atom stereocenters. The molecule has 2 rings (SSSR count). The van der Waals surface area contributed by atoms with Crippen LogP contribution in [0, 0.1) is 25.2 Å². The van der Waals surface area contributed by atoms with Gasteiger partial charge in [0.05, 0.1) is 17.5 Å². The number of rotatable bonds is 8. The Morgan fingerprint density at radius 1 is 1.11 bits per heavy atom. The number of nitriles is 1. The highest BCUT2D eigenvalue weighted by atomic mass is 32.2. The van der Waals surface area contributed by atoms with E-state index in [0.29, 0.717) is 11.4 Å². The second-order valence-electron chi connectivity index (χ2n) is 5.64. The number of benzene rings is 2. The first-order valence-corrected chi connectivity index (χ1v) is 9.23. The maximum atomic E-state index is 12.0. The summed E-state index contributed by atoms with van der Waals surface area (Å²) in [5.41, 5.74) is 2.59. The smallest absolute Gasteiger partial charge is 0.344 e. The topological polar surface area (TPSA) is 88.4 Å². The van der Waals surface area contributed by atoms with Crippen molar-refractivity contribution in [1.82, 2.24) is 0 Å². The van der Waals surface area contributed by atoms with Gasteiger partial charge in [-0.05, 0) is 43.2 Å². The van der Waals surface area contributed by atoms with E-state index in [2.05, 4.69) is 5.32 Å². The van der Waals surface area contributed by atoms with Crippen molar-refractivity contribution in [1.29, 1.82) is 5.26 Å². The fourth-order valence-corrected chi connectivity index (χ4v) is 2.87. The SMILES string of the molecule is Cc1cccc(OCC(=O)OCC(=O)Nc2ccccc2SCC#N)c1C. The van der Waals surface area contributed by atoms with E-state index in [1.54, 1.807) is 18.2 Å². The van der Waals surface area contributed by atoms with Crippen LogP contribution in [-0.2, 0) is 14.3 Å². The van der Waals surface area contributed by atoms with E-state index >= 15 is 0 Å². The molecule has 0 saturated carbocycles. The van der Waals surface area contributed by atoms with E-state index in [1.165, 1.54) is 11.8 Å². The molecule has 140 valence electrons. The van der Waals surface area contributed by atoms with Crippen molar-refractivity contribution < 1.29 is 19.1 Å². The maximum Gasteiger partial charge on any atom is 0.344 e. The summed E-state index contributed by atoms with van der Waals surface area (Å²) in [6.45, 7) is 3.18. The summed E-state index contributed by atoms with van der Waals surface area (Å²) in [5.74, 6) is -0.199. The highest BCUT2D eigenvalue weighted by Gasteiger charge is 2.11. The second kappa shape index (κ2) is 10.2. The Balaban J connectivity index is 1.81. The lowest BCUT2D eigenvalue weighted by Crippen LogP contribution is -2.24. The maximum absolute atomic E-state index is 12.0. The molecule has 0 saturated heterocycles. The van der Waals surface area contributed by atoms with Gasteiger partial charge in [-0.15, -0.1) is 11.8 Å². The Labute approximate surface area is 162 Å². The van der Waals surface area contributed by atoms with Gasteiger partial charge >= 0.3 is 5.97 Å². The number of thioether (sulfide) groups is 1. The number of ether oxygens (including phenoxy) is 2. The van der Waals surface area contributed by atoms with Crippen molar-refractivity contribution in [3.8, 4) is 11.8 Å². The molecule has 0 aliphatic carbocycles. The fourth-order valence-electron chi connectivity index (χ4n) is 2.20. The summed E-state index contributed by atoms with van der Waals surface area (Å²) in [6.07, 6.45) is 0. The molecule has 0 bridgehead atoms. The molecule has 6 nitrogen and oxygen atoms in total. The zero-order valence-corrected chi connectivity index (χ0v) is 16.0. The Bertz CT molecular complexity index is 861. The minimum Gasteiger partial charge on any atom is -0.482 e. The summed E-state index contributed by atoms with van der Waals surface area (Å²) in [7, 11) is 0. The highest BCUT2D eigenvalue weighted by Crippen LogP contribution is 2.26. The van der Waals surface area contributed by atoms with E-state index in [4.69, 9.17) is 14.7 Å². The molecule has 0 radical (unpaired) electrons. The molecule has 0 spiro atoms. The van der Waals surface area contributed by atoms with Crippen molar-refractivity contribution >= 4 is 29.3 Å². The number of anilines is 1. The molecular formula is C20H20N2O4S.